The second kappa shape index (κ2) is 3.88. The topological polar surface area (TPSA) is 46.5 Å². The zero-order valence-corrected chi connectivity index (χ0v) is 13.1. The lowest BCUT2D eigenvalue weighted by molar-refractivity contribution is -0.211. The van der Waals surface area contributed by atoms with Gasteiger partial charge in [0.05, 0.1) is 12.7 Å². The summed E-state index contributed by atoms with van der Waals surface area (Å²) in [5.41, 5.74) is 0.553. The molecule has 0 aliphatic heterocycles. The lowest BCUT2D eigenvalue weighted by Gasteiger charge is -2.67. The van der Waals surface area contributed by atoms with E-state index in [-0.39, 0.29) is 22.2 Å². The van der Waals surface area contributed by atoms with Gasteiger partial charge in [0.2, 0.25) is 0 Å². The molecule has 1 N–H and O–H groups in total. The second-order valence-electron chi connectivity index (χ2n) is 8.59. The van der Waals surface area contributed by atoms with Crippen molar-refractivity contribution in [3.8, 4) is 0 Å². The lowest BCUT2D eigenvalue weighted by Crippen LogP contribution is -2.62. The van der Waals surface area contributed by atoms with Gasteiger partial charge in [0.1, 0.15) is 0 Å². The average molecular weight is 278 g/mol. The highest BCUT2D eigenvalue weighted by Crippen LogP contribution is 2.71. The van der Waals surface area contributed by atoms with Gasteiger partial charge in [0.15, 0.2) is 0 Å². The lowest BCUT2D eigenvalue weighted by atomic mass is 9.39. The Morgan fingerprint density at radius 1 is 1.05 bits per heavy atom. The second-order valence-corrected chi connectivity index (χ2v) is 8.59. The van der Waals surface area contributed by atoms with E-state index in [2.05, 4.69) is 19.9 Å². The van der Waals surface area contributed by atoms with E-state index in [4.69, 9.17) is 4.74 Å². The summed E-state index contributed by atoms with van der Waals surface area (Å²) in [6, 6.07) is 0. The first-order valence-corrected chi connectivity index (χ1v) is 7.61. The van der Waals surface area contributed by atoms with Crippen molar-refractivity contribution < 1.29 is 14.6 Å². The molecule has 2 atom stereocenters. The molecular formula is C17H26O3. The maximum atomic E-state index is 11.7. The maximum Gasteiger partial charge on any atom is 0.333 e. The smallest absolute Gasteiger partial charge is 0.333 e. The summed E-state index contributed by atoms with van der Waals surface area (Å²) in [5, 5.41) is 11.0. The van der Waals surface area contributed by atoms with Gasteiger partial charge in [-0.05, 0) is 61.7 Å². The number of rotatable bonds is 2. The fraction of sp³-hybridized carbons (Fsp3) is 0.824. The summed E-state index contributed by atoms with van der Waals surface area (Å²) in [5.74, 6) is -0.247. The highest BCUT2D eigenvalue weighted by atomic mass is 16.5. The number of hydrogen-bond acceptors (Lipinski definition) is 3. The van der Waals surface area contributed by atoms with Crippen LogP contribution in [0.15, 0.2) is 11.6 Å². The molecule has 0 spiro atoms. The highest BCUT2D eigenvalue weighted by molar-refractivity contribution is 5.87. The molecule has 0 aromatic rings. The minimum atomic E-state index is -0.537. The van der Waals surface area contributed by atoms with Crippen molar-refractivity contribution >= 4 is 5.97 Å². The number of ether oxygens (including phenoxy) is 1. The molecule has 4 saturated carbocycles. The number of methoxy groups -OCH3 is 1. The van der Waals surface area contributed by atoms with E-state index in [1.807, 2.05) is 6.92 Å². The van der Waals surface area contributed by atoms with Crippen LogP contribution in [0.3, 0.4) is 0 Å². The number of allylic oxidation sites excluding steroid dienone is 1. The first-order valence-electron chi connectivity index (χ1n) is 7.61. The molecule has 4 rings (SSSR count). The van der Waals surface area contributed by atoms with Crippen LogP contribution in [0.2, 0.25) is 0 Å². The summed E-state index contributed by atoms with van der Waals surface area (Å²) in [4.78, 5) is 11.7. The van der Waals surface area contributed by atoms with E-state index in [0.717, 1.165) is 32.1 Å². The Morgan fingerprint density at radius 2 is 1.60 bits per heavy atom. The van der Waals surface area contributed by atoms with Crippen molar-refractivity contribution in [2.24, 2.45) is 16.2 Å². The normalized spacial score (nSPS) is 50.4. The first kappa shape index (κ1) is 14.1. The zero-order valence-electron chi connectivity index (χ0n) is 13.1. The van der Waals surface area contributed by atoms with Gasteiger partial charge in [-0.25, -0.2) is 4.79 Å². The third kappa shape index (κ3) is 2.11. The van der Waals surface area contributed by atoms with Gasteiger partial charge in [-0.2, -0.15) is 0 Å². The SMILES string of the molecule is COC(=O)/C(C)=C/C12CC3(C)CC(C)(CC(O)(C3)C1)C2. The van der Waals surface area contributed by atoms with Crippen LogP contribution in [0.1, 0.15) is 59.3 Å². The molecule has 0 amide bonds. The quantitative estimate of drug-likeness (QED) is 0.623. The van der Waals surface area contributed by atoms with Crippen LogP contribution >= 0.6 is 0 Å². The molecule has 4 bridgehead atoms. The van der Waals surface area contributed by atoms with Crippen LogP contribution < -0.4 is 0 Å². The minimum absolute atomic E-state index is 0.0225. The summed E-state index contributed by atoms with van der Waals surface area (Å²) < 4.78 is 4.83. The van der Waals surface area contributed by atoms with Crippen LogP contribution in [-0.4, -0.2) is 23.8 Å². The van der Waals surface area contributed by atoms with Crippen molar-refractivity contribution in [1.29, 1.82) is 0 Å². The van der Waals surface area contributed by atoms with E-state index in [0.29, 0.717) is 5.57 Å². The molecule has 112 valence electrons. The summed E-state index contributed by atoms with van der Waals surface area (Å²) in [6.45, 7) is 6.45. The third-order valence-corrected chi connectivity index (χ3v) is 5.63. The van der Waals surface area contributed by atoms with Crippen molar-refractivity contribution in [2.45, 2.75) is 64.9 Å². The predicted octanol–water partition coefficient (Wildman–Crippen LogP) is 3.22. The average Bonchev–Trinajstić information content (AvgIpc) is 2.20. The van der Waals surface area contributed by atoms with E-state index in [1.165, 1.54) is 13.5 Å². The number of aliphatic hydroxyl groups is 1. The minimum Gasteiger partial charge on any atom is -0.466 e. The van der Waals surface area contributed by atoms with Crippen LogP contribution in [0, 0.1) is 16.2 Å². The molecule has 4 aliphatic carbocycles. The van der Waals surface area contributed by atoms with E-state index >= 15 is 0 Å². The number of hydrogen-bond donors (Lipinski definition) is 1. The van der Waals surface area contributed by atoms with E-state index in [1.54, 1.807) is 0 Å². The summed E-state index contributed by atoms with van der Waals surface area (Å²) in [7, 11) is 1.43. The van der Waals surface area contributed by atoms with Gasteiger partial charge < -0.3 is 9.84 Å². The van der Waals surface area contributed by atoms with Crippen LogP contribution in [0.5, 0.6) is 0 Å². The Kier molecular flexibility index (Phi) is 2.74. The Bertz CT molecular complexity index is 437. The standard InChI is InChI=1S/C17H26O3/c1-12(13(18)20-4)5-16-7-14(2)6-15(3,8-16)10-17(19,9-14)11-16/h5,19H,6-11H2,1-4H3/b12-5+. The van der Waals surface area contributed by atoms with Crippen LogP contribution in [0.4, 0.5) is 0 Å². The van der Waals surface area contributed by atoms with E-state index < -0.39 is 5.60 Å². The van der Waals surface area contributed by atoms with Gasteiger partial charge in [-0.1, -0.05) is 19.9 Å². The fourth-order valence-electron chi connectivity index (χ4n) is 6.56. The van der Waals surface area contributed by atoms with Crippen molar-refractivity contribution in [3.63, 3.8) is 0 Å². The molecule has 2 unspecified atom stereocenters. The fourth-order valence-corrected chi connectivity index (χ4v) is 6.56. The zero-order chi connectivity index (χ0) is 14.8. The number of carbonyl (C=O) groups is 1. The Hall–Kier alpha value is -0.830. The predicted molar refractivity (Wildman–Crippen MR) is 77.1 cm³/mol. The van der Waals surface area contributed by atoms with Gasteiger partial charge in [0.25, 0.3) is 0 Å². The molecule has 4 aliphatic rings. The third-order valence-electron chi connectivity index (χ3n) is 5.63. The van der Waals surface area contributed by atoms with Gasteiger partial charge >= 0.3 is 5.97 Å². The van der Waals surface area contributed by atoms with Crippen molar-refractivity contribution in [1.82, 2.24) is 0 Å². The van der Waals surface area contributed by atoms with Crippen LogP contribution in [-0.2, 0) is 9.53 Å². The highest BCUT2D eigenvalue weighted by Gasteiger charge is 2.64. The van der Waals surface area contributed by atoms with Crippen LogP contribution in [0.25, 0.3) is 0 Å². The molecule has 0 heterocycles. The molecular weight excluding hydrogens is 252 g/mol. The first-order chi connectivity index (χ1) is 9.11. The Morgan fingerprint density at radius 3 is 2.05 bits per heavy atom. The molecule has 3 nitrogen and oxygen atoms in total. The van der Waals surface area contributed by atoms with Crippen molar-refractivity contribution in [3.05, 3.63) is 11.6 Å². The van der Waals surface area contributed by atoms with Crippen molar-refractivity contribution in [2.75, 3.05) is 7.11 Å². The Balaban J connectivity index is 2.00. The van der Waals surface area contributed by atoms with Gasteiger partial charge in [0, 0.05) is 5.57 Å². The molecule has 20 heavy (non-hydrogen) atoms. The number of esters is 1. The molecule has 3 heteroatoms. The molecule has 0 aromatic heterocycles. The molecule has 4 fully saturated rings. The summed E-state index contributed by atoms with van der Waals surface area (Å²) >= 11 is 0. The Labute approximate surface area is 121 Å². The largest absolute Gasteiger partial charge is 0.466 e. The summed E-state index contributed by atoms with van der Waals surface area (Å²) in [6.07, 6.45) is 8.13. The maximum absolute atomic E-state index is 11.7. The monoisotopic (exact) mass is 278 g/mol. The van der Waals surface area contributed by atoms with Gasteiger partial charge in [-0.3, -0.25) is 0 Å². The van der Waals surface area contributed by atoms with E-state index in [9.17, 15) is 9.90 Å². The molecule has 0 radical (unpaired) electrons. The number of carbonyl (C=O) groups excluding carboxylic acids is 1. The molecule has 0 aromatic carbocycles. The molecule has 0 saturated heterocycles. The van der Waals surface area contributed by atoms with Gasteiger partial charge in [-0.15, -0.1) is 0 Å².